The van der Waals surface area contributed by atoms with Gasteiger partial charge in [0.05, 0.1) is 16.6 Å². The molecule has 0 bridgehead atoms. The minimum Gasteiger partial charge on any atom is -0.315 e. The van der Waals surface area contributed by atoms with E-state index in [1.165, 1.54) is 26.1 Å². The molecule has 0 spiro atoms. The zero-order valence-electron chi connectivity index (χ0n) is 18.2. The molecule has 1 atom stereocenters. The van der Waals surface area contributed by atoms with Crippen molar-refractivity contribution in [1.82, 2.24) is 14.5 Å². The number of hydrogen-bond acceptors (Lipinski definition) is 4. The number of hydrogen-bond donors (Lipinski definition) is 1. The van der Waals surface area contributed by atoms with Gasteiger partial charge in [-0.15, -0.1) is 0 Å². The fraction of sp³-hybridized carbons (Fsp3) is 0.391. The summed E-state index contributed by atoms with van der Waals surface area (Å²) in [6.07, 6.45) is 8.23. The molecule has 7 nitrogen and oxygen atoms in total. The first kappa shape index (κ1) is 23.0. The molecule has 3 rings (SSSR count). The fourth-order valence-corrected chi connectivity index (χ4v) is 4.53. The summed E-state index contributed by atoms with van der Waals surface area (Å²) in [7, 11) is -2.14. The van der Waals surface area contributed by atoms with Crippen LogP contribution in [0.25, 0.3) is 5.57 Å². The zero-order chi connectivity index (χ0) is 22.8. The van der Waals surface area contributed by atoms with E-state index in [4.69, 9.17) is 0 Å². The molecule has 0 radical (unpaired) electrons. The fourth-order valence-electron chi connectivity index (χ4n) is 3.80. The van der Waals surface area contributed by atoms with Gasteiger partial charge >= 0.3 is 0 Å². The van der Waals surface area contributed by atoms with E-state index >= 15 is 0 Å². The third-order valence-electron chi connectivity index (χ3n) is 5.80. The van der Waals surface area contributed by atoms with Gasteiger partial charge in [-0.05, 0) is 56.2 Å². The van der Waals surface area contributed by atoms with Gasteiger partial charge in [-0.3, -0.25) is 9.59 Å². The van der Waals surface area contributed by atoms with Crippen LogP contribution in [-0.2, 0) is 19.6 Å². The Labute approximate surface area is 184 Å². The lowest BCUT2D eigenvalue weighted by Crippen LogP contribution is -2.50. The Morgan fingerprint density at radius 2 is 1.84 bits per heavy atom. The molecule has 1 aromatic carbocycles. The predicted molar refractivity (Wildman–Crippen MR) is 120 cm³/mol. The topological polar surface area (TPSA) is 86.8 Å². The van der Waals surface area contributed by atoms with Gasteiger partial charge in [0.1, 0.15) is 0 Å². The summed E-state index contributed by atoms with van der Waals surface area (Å²) in [6.45, 7) is 7.97. The molecule has 31 heavy (non-hydrogen) atoms. The molecule has 166 valence electrons. The van der Waals surface area contributed by atoms with Crippen LogP contribution in [0.1, 0.15) is 38.7 Å². The molecule has 1 aliphatic heterocycles. The van der Waals surface area contributed by atoms with Crippen molar-refractivity contribution in [2.24, 2.45) is 5.92 Å². The second-order valence-corrected chi connectivity index (χ2v) is 9.89. The number of rotatable bonds is 6. The van der Waals surface area contributed by atoms with Crippen LogP contribution in [0, 0.1) is 5.92 Å². The van der Waals surface area contributed by atoms with E-state index in [0.29, 0.717) is 17.8 Å². The lowest BCUT2D eigenvalue weighted by Gasteiger charge is -2.40. The van der Waals surface area contributed by atoms with Crippen LogP contribution < -0.4 is 4.72 Å². The molecule has 1 N–H and O–H groups in total. The van der Waals surface area contributed by atoms with Crippen LogP contribution in [0.2, 0.25) is 0 Å². The van der Waals surface area contributed by atoms with Crippen LogP contribution in [0.15, 0.2) is 59.8 Å². The molecular weight excluding hydrogens is 414 g/mol. The van der Waals surface area contributed by atoms with E-state index in [0.717, 1.165) is 24.8 Å². The molecular formula is C23H29N3O4S. The summed E-state index contributed by atoms with van der Waals surface area (Å²) in [5, 5.41) is 0. The highest BCUT2D eigenvalue weighted by molar-refractivity contribution is 7.89. The van der Waals surface area contributed by atoms with Gasteiger partial charge in [-0.25, -0.2) is 13.1 Å². The van der Waals surface area contributed by atoms with E-state index in [1.807, 2.05) is 6.92 Å². The Morgan fingerprint density at radius 1 is 1.19 bits per heavy atom. The first-order valence-corrected chi connectivity index (χ1v) is 11.9. The minimum absolute atomic E-state index is 0.0833. The van der Waals surface area contributed by atoms with Crippen molar-refractivity contribution < 1.29 is 18.0 Å². The standard InChI is InChI=1S/C23H29N3O4S/c1-16(19-9-12-22(13-10-19)31(29,30)24-4)8-11-21-15-25(23(28)20-6-5-7-20)14-17(2)26(21)18(3)27/h8-13,15,17,20,24H,1,5-7,14H2,2-4H3/b11-8-. The Hall–Kier alpha value is -2.71. The SMILES string of the molecule is C=C(/C=C\C1=CN(C(=O)C2CCC2)CC(C)N1C(C)=O)c1ccc(S(=O)(=O)NC)cc1. The summed E-state index contributed by atoms with van der Waals surface area (Å²) in [5.41, 5.74) is 2.05. The number of allylic oxidation sites excluding steroid dienone is 3. The lowest BCUT2D eigenvalue weighted by atomic mass is 9.84. The molecule has 8 heteroatoms. The second kappa shape index (κ2) is 9.20. The quantitative estimate of drug-likeness (QED) is 0.685. The highest BCUT2D eigenvalue weighted by Crippen LogP contribution is 2.30. The van der Waals surface area contributed by atoms with Gasteiger partial charge in [-0.1, -0.05) is 31.2 Å². The van der Waals surface area contributed by atoms with Crippen molar-refractivity contribution in [2.75, 3.05) is 13.6 Å². The Morgan fingerprint density at radius 3 is 2.35 bits per heavy atom. The number of carbonyl (C=O) groups excluding carboxylic acids is 2. The minimum atomic E-state index is -3.50. The maximum atomic E-state index is 12.7. The van der Waals surface area contributed by atoms with E-state index in [2.05, 4.69) is 11.3 Å². The van der Waals surface area contributed by atoms with Crippen molar-refractivity contribution in [3.8, 4) is 0 Å². The number of benzene rings is 1. The van der Waals surface area contributed by atoms with Crippen molar-refractivity contribution in [1.29, 1.82) is 0 Å². The van der Waals surface area contributed by atoms with Crippen LogP contribution in [0.5, 0.6) is 0 Å². The molecule has 1 saturated carbocycles. The average Bonchev–Trinajstić information content (AvgIpc) is 2.70. The monoisotopic (exact) mass is 443 g/mol. The van der Waals surface area contributed by atoms with Gasteiger partial charge in [0.25, 0.3) is 0 Å². The number of nitrogens with one attached hydrogen (secondary N) is 1. The van der Waals surface area contributed by atoms with E-state index in [1.54, 1.807) is 40.3 Å². The number of sulfonamides is 1. The Bertz CT molecular complexity index is 1040. The van der Waals surface area contributed by atoms with E-state index < -0.39 is 10.0 Å². The Kier molecular flexibility index (Phi) is 6.81. The van der Waals surface area contributed by atoms with Crippen molar-refractivity contribution in [3.63, 3.8) is 0 Å². The van der Waals surface area contributed by atoms with E-state index in [9.17, 15) is 18.0 Å². The highest BCUT2D eigenvalue weighted by Gasteiger charge is 2.34. The molecule has 2 aliphatic rings. The molecule has 0 aromatic heterocycles. The summed E-state index contributed by atoms with van der Waals surface area (Å²) in [6, 6.07) is 6.27. The summed E-state index contributed by atoms with van der Waals surface area (Å²) in [5.74, 6) is 0.110. The Balaban J connectivity index is 1.82. The van der Waals surface area contributed by atoms with Crippen LogP contribution in [0.3, 0.4) is 0 Å². The summed E-state index contributed by atoms with van der Waals surface area (Å²) < 4.78 is 26.0. The zero-order valence-corrected chi connectivity index (χ0v) is 19.0. The van der Waals surface area contributed by atoms with Crippen molar-refractivity contribution >= 4 is 27.4 Å². The third kappa shape index (κ3) is 4.97. The molecule has 2 amide bonds. The van der Waals surface area contributed by atoms with Crippen molar-refractivity contribution in [3.05, 3.63) is 60.5 Å². The average molecular weight is 444 g/mol. The third-order valence-corrected chi connectivity index (χ3v) is 7.23. The van der Waals surface area contributed by atoms with Gasteiger partial charge in [0.15, 0.2) is 0 Å². The second-order valence-electron chi connectivity index (χ2n) is 8.00. The summed E-state index contributed by atoms with van der Waals surface area (Å²) >= 11 is 0. The smallest absolute Gasteiger partial charge is 0.240 e. The normalized spacial score (nSPS) is 19.8. The first-order chi connectivity index (χ1) is 14.6. The summed E-state index contributed by atoms with van der Waals surface area (Å²) in [4.78, 5) is 28.5. The van der Waals surface area contributed by atoms with Gasteiger partial charge in [0.2, 0.25) is 21.8 Å². The number of nitrogens with zero attached hydrogens (tertiary/aromatic N) is 2. The van der Waals surface area contributed by atoms with Crippen LogP contribution in [0.4, 0.5) is 0 Å². The molecule has 1 unspecified atom stereocenters. The molecule has 1 aliphatic carbocycles. The highest BCUT2D eigenvalue weighted by atomic mass is 32.2. The molecule has 0 saturated heterocycles. The molecule has 1 heterocycles. The van der Waals surface area contributed by atoms with Gasteiger partial charge in [-0.2, -0.15) is 0 Å². The maximum absolute atomic E-state index is 12.7. The number of amides is 2. The maximum Gasteiger partial charge on any atom is 0.240 e. The largest absolute Gasteiger partial charge is 0.315 e. The van der Waals surface area contributed by atoms with Gasteiger partial charge < -0.3 is 9.80 Å². The van der Waals surface area contributed by atoms with E-state index in [-0.39, 0.29) is 28.7 Å². The van der Waals surface area contributed by atoms with Crippen LogP contribution in [-0.4, -0.2) is 49.7 Å². The van der Waals surface area contributed by atoms with Gasteiger partial charge in [0, 0.05) is 25.6 Å². The lowest BCUT2D eigenvalue weighted by molar-refractivity contribution is -0.139. The predicted octanol–water partition coefficient (Wildman–Crippen LogP) is 2.88. The molecule has 1 fully saturated rings. The first-order valence-electron chi connectivity index (χ1n) is 10.4. The number of carbonyl (C=O) groups is 2. The molecule has 1 aromatic rings. The van der Waals surface area contributed by atoms with Crippen LogP contribution >= 0.6 is 0 Å². The van der Waals surface area contributed by atoms with Crippen molar-refractivity contribution in [2.45, 2.75) is 44.0 Å².